The van der Waals surface area contributed by atoms with Crippen molar-refractivity contribution in [2.24, 2.45) is 0 Å². The van der Waals surface area contributed by atoms with Crippen molar-refractivity contribution < 1.29 is 18.1 Å². The van der Waals surface area contributed by atoms with Crippen LogP contribution in [-0.2, 0) is 9.84 Å². The lowest BCUT2D eigenvalue weighted by Gasteiger charge is -2.13. The van der Waals surface area contributed by atoms with E-state index in [0.717, 1.165) is 35.4 Å². The zero-order valence-corrected chi connectivity index (χ0v) is 16.6. The lowest BCUT2D eigenvalue weighted by molar-refractivity contribution is -0.384. The van der Waals surface area contributed by atoms with Gasteiger partial charge in [-0.3, -0.25) is 14.9 Å². The SMILES string of the molecule is Cc1ccc(NC(=O)c2ccccc2S(=O)(=O)c2ccc([N+](=O)[O-])cc2)c(C)c1. The molecule has 0 aliphatic carbocycles. The number of benzene rings is 3. The summed E-state index contributed by atoms with van der Waals surface area (Å²) in [5.74, 6) is -0.557. The Morgan fingerprint density at radius 2 is 1.62 bits per heavy atom. The second-order valence-corrected chi connectivity index (χ2v) is 8.44. The van der Waals surface area contributed by atoms with E-state index < -0.39 is 20.7 Å². The number of nitro benzene ring substituents is 1. The minimum absolute atomic E-state index is 0.00849. The number of aryl methyl sites for hydroxylation is 2. The summed E-state index contributed by atoms with van der Waals surface area (Å²) >= 11 is 0. The van der Waals surface area contributed by atoms with Gasteiger partial charge in [0.1, 0.15) is 0 Å². The summed E-state index contributed by atoms with van der Waals surface area (Å²) in [6, 6.07) is 15.9. The van der Waals surface area contributed by atoms with E-state index >= 15 is 0 Å². The number of non-ortho nitro benzene ring substituents is 1. The molecule has 0 aliphatic heterocycles. The van der Waals surface area contributed by atoms with Crippen LogP contribution in [0.25, 0.3) is 0 Å². The van der Waals surface area contributed by atoms with Crippen LogP contribution in [0.15, 0.2) is 76.5 Å². The van der Waals surface area contributed by atoms with Gasteiger partial charge in [-0.25, -0.2) is 8.42 Å². The average Bonchev–Trinajstić information content (AvgIpc) is 2.70. The molecule has 0 radical (unpaired) electrons. The van der Waals surface area contributed by atoms with E-state index in [1.165, 1.54) is 18.2 Å². The summed E-state index contributed by atoms with van der Waals surface area (Å²) in [6.45, 7) is 3.78. The summed E-state index contributed by atoms with van der Waals surface area (Å²) in [6.07, 6.45) is 0. The van der Waals surface area contributed by atoms with Crippen LogP contribution in [0.1, 0.15) is 21.5 Å². The molecule has 1 N–H and O–H groups in total. The van der Waals surface area contributed by atoms with E-state index in [-0.39, 0.29) is 21.0 Å². The van der Waals surface area contributed by atoms with Gasteiger partial charge in [-0.05, 0) is 49.7 Å². The first-order chi connectivity index (χ1) is 13.7. The van der Waals surface area contributed by atoms with Gasteiger partial charge in [0.25, 0.3) is 11.6 Å². The Morgan fingerprint density at radius 3 is 2.24 bits per heavy atom. The van der Waals surface area contributed by atoms with Crippen molar-refractivity contribution >= 4 is 27.1 Å². The lowest BCUT2D eigenvalue weighted by Crippen LogP contribution is -2.17. The molecule has 29 heavy (non-hydrogen) atoms. The fourth-order valence-corrected chi connectivity index (χ4v) is 4.36. The predicted octanol–water partition coefficient (Wildman–Crippen LogP) is 4.30. The number of sulfone groups is 1. The summed E-state index contributed by atoms with van der Waals surface area (Å²) in [5.41, 5.74) is 2.26. The number of hydrogen-bond acceptors (Lipinski definition) is 5. The van der Waals surface area contributed by atoms with Crippen molar-refractivity contribution in [3.8, 4) is 0 Å². The van der Waals surface area contributed by atoms with Crippen molar-refractivity contribution in [2.45, 2.75) is 23.6 Å². The third-order valence-corrected chi connectivity index (χ3v) is 6.24. The summed E-state index contributed by atoms with van der Waals surface area (Å²) in [4.78, 5) is 22.7. The molecule has 0 aromatic heterocycles. The maximum absolute atomic E-state index is 13.1. The van der Waals surface area contributed by atoms with Crippen molar-refractivity contribution in [3.05, 3.63) is 93.5 Å². The molecule has 0 saturated carbocycles. The number of carbonyl (C=O) groups is 1. The molecular weight excluding hydrogens is 392 g/mol. The van der Waals surface area contributed by atoms with E-state index in [1.807, 2.05) is 26.0 Å². The Hall–Kier alpha value is -3.52. The molecule has 8 heteroatoms. The molecule has 0 atom stereocenters. The highest BCUT2D eigenvalue weighted by Gasteiger charge is 2.25. The third kappa shape index (κ3) is 4.17. The Labute approximate surface area is 168 Å². The molecule has 0 bridgehead atoms. The maximum Gasteiger partial charge on any atom is 0.269 e. The number of amides is 1. The fraction of sp³-hybridized carbons (Fsp3) is 0.0952. The van der Waals surface area contributed by atoms with Crippen LogP contribution in [0.4, 0.5) is 11.4 Å². The number of rotatable bonds is 5. The molecule has 3 aromatic carbocycles. The van der Waals surface area contributed by atoms with Gasteiger partial charge in [0.05, 0.1) is 20.3 Å². The Balaban J connectivity index is 1.99. The molecule has 0 heterocycles. The largest absolute Gasteiger partial charge is 0.322 e. The molecule has 3 rings (SSSR count). The smallest absolute Gasteiger partial charge is 0.269 e. The van der Waals surface area contributed by atoms with Gasteiger partial charge >= 0.3 is 0 Å². The van der Waals surface area contributed by atoms with Crippen molar-refractivity contribution in [1.82, 2.24) is 0 Å². The second-order valence-electron chi connectivity index (χ2n) is 6.52. The Kier molecular flexibility index (Phi) is 5.47. The standard InChI is InChI=1S/C21H18N2O5S/c1-14-7-12-19(15(2)13-14)22-21(24)18-5-3-4-6-20(18)29(27,28)17-10-8-16(9-11-17)23(25)26/h3-13H,1-2H3,(H,22,24). The van der Waals surface area contributed by atoms with Crippen LogP contribution >= 0.6 is 0 Å². The summed E-state index contributed by atoms with van der Waals surface area (Å²) in [5, 5.41) is 13.5. The van der Waals surface area contributed by atoms with Gasteiger partial charge in [-0.1, -0.05) is 29.8 Å². The molecule has 0 spiro atoms. The molecule has 1 amide bonds. The van der Waals surface area contributed by atoms with E-state index in [0.29, 0.717) is 5.69 Å². The van der Waals surface area contributed by atoms with Crippen molar-refractivity contribution in [3.63, 3.8) is 0 Å². The van der Waals surface area contributed by atoms with Crippen LogP contribution in [-0.4, -0.2) is 19.2 Å². The second kappa shape index (κ2) is 7.84. The van der Waals surface area contributed by atoms with Crippen LogP contribution in [0.5, 0.6) is 0 Å². The molecular formula is C21H18N2O5S. The van der Waals surface area contributed by atoms with Gasteiger partial charge in [-0.15, -0.1) is 0 Å². The highest BCUT2D eigenvalue weighted by Crippen LogP contribution is 2.27. The normalized spacial score (nSPS) is 11.1. The maximum atomic E-state index is 13.1. The topological polar surface area (TPSA) is 106 Å². The summed E-state index contributed by atoms with van der Waals surface area (Å²) < 4.78 is 26.1. The highest BCUT2D eigenvalue weighted by molar-refractivity contribution is 7.91. The first-order valence-corrected chi connectivity index (χ1v) is 10.2. The lowest BCUT2D eigenvalue weighted by atomic mass is 10.1. The van der Waals surface area contributed by atoms with Crippen LogP contribution in [0, 0.1) is 24.0 Å². The zero-order valence-electron chi connectivity index (χ0n) is 15.7. The van der Waals surface area contributed by atoms with Crippen LogP contribution < -0.4 is 5.32 Å². The van der Waals surface area contributed by atoms with Gasteiger partial charge in [-0.2, -0.15) is 0 Å². The number of nitrogens with zero attached hydrogens (tertiary/aromatic N) is 1. The minimum Gasteiger partial charge on any atom is -0.322 e. The Morgan fingerprint density at radius 1 is 0.966 bits per heavy atom. The number of carbonyl (C=O) groups excluding carboxylic acids is 1. The molecule has 7 nitrogen and oxygen atoms in total. The minimum atomic E-state index is -4.05. The highest BCUT2D eigenvalue weighted by atomic mass is 32.2. The van der Waals surface area contributed by atoms with E-state index in [9.17, 15) is 23.3 Å². The molecule has 0 aliphatic rings. The van der Waals surface area contributed by atoms with Gasteiger partial charge in [0.2, 0.25) is 9.84 Å². The van der Waals surface area contributed by atoms with Gasteiger partial charge in [0.15, 0.2) is 0 Å². The van der Waals surface area contributed by atoms with Crippen molar-refractivity contribution in [2.75, 3.05) is 5.32 Å². The number of hydrogen-bond donors (Lipinski definition) is 1. The van der Waals surface area contributed by atoms with Gasteiger partial charge < -0.3 is 5.32 Å². The third-order valence-electron chi connectivity index (χ3n) is 4.41. The van der Waals surface area contributed by atoms with Crippen LogP contribution in [0.3, 0.4) is 0 Å². The summed E-state index contributed by atoms with van der Waals surface area (Å²) in [7, 11) is -4.05. The molecule has 0 fully saturated rings. The quantitative estimate of drug-likeness (QED) is 0.499. The Bertz CT molecular complexity index is 1200. The van der Waals surface area contributed by atoms with Gasteiger partial charge in [0, 0.05) is 17.8 Å². The first-order valence-electron chi connectivity index (χ1n) is 8.67. The predicted molar refractivity (Wildman–Crippen MR) is 109 cm³/mol. The van der Waals surface area contributed by atoms with E-state index in [2.05, 4.69) is 5.32 Å². The van der Waals surface area contributed by atoms with Crippen LogP contribution in [0.2, 0.25) is 0 Å². The number of nitro groups is 1. The molecule has 148 valence electrons. The molecule has 3 aromatic rings. The molecule has 0 saturated heterocycles. The monoisotopic (exact) mass is 410 g/mol. The molecule has 0 unspecified atom stereocenters. The van der Waals surface area contributed by atoms with Crippen molar-refractivity contribution in [1.29, 1.82) is 0 Å². The first kappa shape index (κ1) is 20.2. The number of anilines is 1. The zero-order chi connectivity index (χ0) is 21.2. The fourth-order valence-electron chi connectivity index (χ4n) is 2.91. The van der Waals surface area contributed by atoms with E-state index in [1.54, 1.807) is 12.1 Å². The number of nitrogens with one attached hydrogen (secondary N) is 1. The average molecular weight is 410 g/mol. The van der Waals surface area contributed by atoms with E-state index in [4.69, 9.17) is 0 Å².